The predicted molar refractivity (Wildman–Crippen MR) is 51.0 cm³/mol. The molecule has 5 nitrogen and oxygen atoms in total. The van der Waals surface area contributed by atoms with Gasteiger partial charge in [0.15, 0.2) is 0 Å². The number of halogens is 1. The summed E-state index contributed by atoms with van der Waals surface area (Å²) >= 11 is 0. The molecule has 2 N–H and O–H groups in total. The van der Waals surface area contributed by atoms with Crippen molar-refractivity contribution in [3.63, 3.8) is 0 Å². The quantitative estimate of drug-likeness (QED) is 0.682. The van der Waals surface area contributed by atoms with Gasteiger partial charge in [0.05, 0.1) is 25.4 Å². The van der Waals surface area contributed by atoms with E-state index in [1.165, 1.54) is 0 Å². The molecule has 1 aromatic heterocycles. The lowest BCUT2D eigenvalue weighted by molar-refractivity contribution is 0.125. The van der Waals surface area contributed by atoms with Crippen LogP contribution in [-0.4, -0.2) is 40.4 Å². The van der Waals surface area contributed by atoms with Crippen molar-refractivity contribution in [1.29, 1.82) is 0 Å². The highest BCUT2D eigenvalue weighted by atomic mass is 19.1. The number of aromatic nitrogens is 2. The number of ether oxygens (including phenoxy) is 1. The van der Waals surface area contributed by atoms with E-state index in [0.29, 0.717) is 24.7 Å². The van der Waals surface area contributed by atoms with Crippen LogP contribution in [0.1, 0.15) is 5.69 Å². The molecule has 2 rings (SSSR count). The van der Waals surface area contributed by atoms with Crippen molar-refractivity contribution < 1.29 is 14.2 Å². The normalized spacial score (nSPS) is 25.5. The third-order valence-electron chi connectivity index (χ3n) is 2.21. The van der Waals surface area contributed by atoms with Gasteiger partial charge in [0.2, 0.25) is 0 Å². The van der Waals surface area contributed by atoms with Gasteiger partial charge in [-0.3, -0.25) is 0 Å². The van der Waals surface area contributed by atoms with E-state index in [2.05, 4.69) is 15.3 Å². The standard InChI is InChI=1S/C9H12FN3O2/c1-5-2-8(13-9(10)11-5)12-6-3-15-4-7(6)14/h2,6-7,14H,3-4H2,1H3,(H,11,12,13)/t6-,7-/m1/s1. The zero-order valence-electron chi connectivity index (χ0n) is 8.27. The van der Waals surface area contributed by atoms with E-state index in [-0.39, 0.29) is 6.04 Å². The zero-order chi connectivity index (χ0) is 10.8. The van der Waals surface area contributed by atoms with Gasteiger partial charge in [0, 0.05) is 11.8 Å². The van der Waals surface area contributed by atoms with Gasteiger partial charge in [-0.05, 0) is 6.92 Å². The Balaban J connectivity index is 2.10. The molecular weight excluding hydrogens is 201 g/mol. The van der Waals surface area contributed by atoms with Crippen LogP contribution in [0.2, 0.25) is 0 Å². The average Bonchev–Trinajstić information content (AvgIpc) is 2.50. The van der Waals surface area contributed by atoms with E-state index in [1.54, 1.807) is 13.0 Å². The lowest BCUT2D eigenvalue weighted by atomic mass is 10.2. The number of aliphatic hydroxyl groups is 1. The summed E-state index contributed by atoms with van der Waals surface area (Å²) in [5.74, 6) is 0.370. The molecule has 0 aromatic carbocycles. The van der Waals surface area contributed by atoms with E-state index in [1.807, 2.05) is 0 Å². The van der Waals surface area contributed by atoms with E-state index in [0.717, 1.165) is 0 Å². The van der Waals surface area contributed by atoms with Crippen LogP contribution in [0, 0.1) is 13.0 Å². The SMILES string of the molecule is Cc1cc(N[C@@H]2COC[C@H]2O)nc(F)n1. The summed E-state index contributed by atoms with van der Waals surface area (Å²) in [6.07, 6.45) is -1.35. The average molecular weight is 213 g/mol. The molecule has 15 heavy (non-hydrogen) atoms. The second-order valence-electron chi connectivity index (χ2n) is 3.52. The number of aryl methyl sites for hydroxylation is 1. The maximum absolute atomic E-state index is 12.8. The highest BCUT2D eigenvalue weighted by Crippen LogP contribution is 2.13. The molecule has 6 heteroatoms. The van der Waals surface area contributed by atoms with Gasteiger partial charge in [-0.25, -0.2) is 4.98 Å². The summed E-state index contributed by atoms with van der Waals surface area (Å²) in [6.45, 7) is 2.37. The number of rotatable bonds is 2. The number of hydrogen-bond acceptors (Lipinski definition) is 5. The molecule has 0 amide bonds. The van der Waals surface area contributed by atoms with E-state index in [4.69, 9.17) is 4.74 Å². The molecule has 0 saturated carbocycles. The topological polar surface area (TPSA) is 67.3 Å². The first kappa shape index (κ1) is 10.3. The molecule has 2 heterocycles. The van der Waals surface area contributed by atoms with Crippen LogP contribution in [0.3, 0.4) is 0 Å². The Morgan fingerprint density at radius 2 is 2.33 bits per heavy atom. The largest absolute Gasteiger partial charge is 0.388 e. The highest BCUT2D eigenvalue weighted by molar-refractivity contribution is 5.36. The summed E-state index contributed by atoms with van der Waals surface area (Å²) < 4.78 is 17.9. The first-order valence-corrected chi connectivity index (χ1v) is 4.68. The summed E-state index contributed by atoms with van der Waals surface area (Å²) in [5, 5.41) is 12.4. The van der Waals surface area contributed by atoms with Crippen molar-refractivity contribution in [3.8, 4) is 0 Å². The summed E-state index contributed by atoms with van der Waals surface area (Å²) in [7, 11) is 0. The Hall–Kier alpha value is -1.27. The Morgan fingerprint density at radius 1 is 1.53 bits per heavy atom. The maximum Gasteiger partial charge on any atom is 0.310 e. The Kier molecular flexibility index (Phi) is 2.79. The Labute approximate surface area is 86.3 Å². The molecule has 1 aromatic rings. The van der Waals surface area contributed by atoms with E-state index < -0.39 is 12.2 Å². The molecule has 1 aliphatic heterocycles. The van der Waals surface area contributed by atoms with Crippen LogP contribution in [0.5, 0.6) is 0 Å². The van der Waals surface area contributed by atoms with Gasteiger partial charge in [-0.2, -0.15) is 9.37 Å². The van der Waals surface area contributed by atoms with E-state index in [9.17, 15) is 9.50 Å². The monoisotopic (exact) mass is 213 g/mol. The fourth-order valence-corrected chi connectivity index (χ4v) is 1.48. The predicted octanol–water partition coefficient (Wildman–Crippen LogP) is 0.0957. The number of anilines is 1. The molecule has 0 radical (unpaired) electrons. The van der Waals surface area contributed by atoms with Gasteiger partial charge in [-0.15, -0.1) is 0 Å². The number of hydrogen-bond donors (Lipinski definition) is 2. The fraction of sp³-hybridized carbons (Fsp3) is 0.556. The van der Waals surface area contributed by atoms with Crippen molar-refractivity contribution in [1.82, 2.24) is 9.97 Å². The smallest absolute Gasteiger partial charge is 0.310 e. The van der Waals surface area contributed by atoms with Crippen molar-refractivity contribution in [2.24, 2.45) is 0 Å². The van der Waals surface area contributed by atoms with Crippen molar-refractivity contribution in [2.45, 2.75) is 19.1 Å². The number of aliphatic hydroxyl groups excluding tert-OH is 1. The minimum Gasteiger partial charge on any atom is -0.388 e. The van der Waals surface area contributed by atoms with Gasteiger partial charge in [0.1, 0.15) is 5.82 Å². The number of nitrogens with one attached hydrogen (secondary N) is 1. The van der Waals surface area contributed by atoms with Crippen LogP contribution >= 0.6 is 0 Å². The maximum atomic E-state index is 12.8. The van der Waals surface area contributed by atoms with Gasteiger partial charge >= 0.3 is 6.08 Å². The molecule has 2 atom stereocenters. The minimum absolute atomic E-state index is 0.237. The van der Waals surface area contributed by atoms with Gasteiger partial charge in [-0.1, -0.05) is 0 Å². The van der Waals surface area contributed by atoms with Crippen LogP contribution in [0.4, 0.5) is 10.2 Å². The second-order valence-corrected chi connectivity index (χ2v) is 3.52. The lowest BCUT2D eigenvalue weighted by Crippen LogP contribution is -2.32. The van der Waals surface area contributed by atoms with Crippen LogP contribution in [-0.2, 0) is 4.74 Å². The van der Waals surface area contributed by atoms with Crippen LogP contribution in [0.25, 0.3) is 0 Å². The van der Waals surface area contributed by atoms with Crippen LogP contribution in [0.15, 0.2) is 6.07 Å². The third kappa shape index (κ3) is 2.40. The first-order chi connectivity index (χ1) is 7.15. The van der Waals surface area contributed by atoms with Crippen molar-refractivity contribution in [3.05, 3.63) is 17.8 Å². The zero-order valence-corrected chi connectivity index (χ0v) is 8.27. The van der Waals surface area contributed by atoms with Gasteiger partial charge in [0.25, 0.3) is 0 Å². The van der Waals surface area contributed by atoms with Gasteiger partial charge < -0.3 is 15.2 Å². The molecule has 1 fully saturated rings. The Morgan fingerprint density at radius 3 is 2.93 bits per heavy atom. The minimum atomic E-state index is -0.772. The molecule has 0 aliphatic carbocycles. The molecular formula is C9H12FN3O2. The molecule has 0 unspecified atom stereocenters. The van der Waals surface area contributed by atoms with E-state index >= 15 is 0 Å². The highest BCUT2D eigenvalue weighted by Gasteiger charge is 2.26. The molecule has 1 aliphatic rings. The van der Waals surface area contributed by atoms with Crippen molar-refractivity contribution in [2.75, 3.05) is 18.5 Å². The third-order valence-corrected chi connectivity index (χ3v) is 2.21. The molecule has 82 valence electrons. The fourth-order valence-electron chi connectivity index (χ4n) is 1.48. The summed E-state index contributed by atoms with van der Waals surface area (Å²) in [6, 6.07) is 1.38. The number of nitrogens with zero attached hydrogens (tertiary/aromatic N) is 2. The van der Waals surface area contributed by atoms with Crippen LogP contribution < -0.4 is 5.32 Å². The summed E-state index contributed by atoms with van der Waals surface area (Å²) in [5.41, 5.74) is 0.540. The molecule has 0 bridgehead atoms. The molecule has 0 spiro atoms. The molecule has 1 saturated heterocycles. The summed E-state index contributed by atoms with van der Waals surface area (Å²) in [4.78, 5) is 7.09. The second kappa shape index (κ2) is 4.08. The lowest BCUT2D eigenvalue weighted by Gasteiger charge is -2.14. The first-order valence-electron chi connectivity index (χ1n) is 4.68. The Bertz CT molecular complexity index is 341. The van der Waals surface area contributed by atoms with Crippen molar-refractivity contribution >= 4 is 5.82 Å².